The molecule has 1 unspecified atom stereocenters. The maximum atomic E-state index is 4.82. The number of thiazole rings is 1. The summed E-state index contributed by atoms with van der Waals surface area (Å²) >= 11 is 1.77. The fourth-order valence-electron chi connectivity index (χ4n) is 2.14. The smallest absolute Gasteiger partial charge is 0.185 e. The molecule has 0 aliphatic rings. The van der Waals surface area contributed by atoms with Gasteiger partial charge in [0.25, 0.3) is 0 Å². The van der Waals surface area contributed by atoms with Gasteiger partial charge in [-0.1, -0.05) is 34.6 Å². The van der Waals surface area contributed by atoms with Gasteiger partial charge in [0, 0.05) is 24.5 Å². The zero-order valence-corrected chi connectivity index (χ0v) is 14.0. The monoisotopic (exact) mass is 283 g/mol. The van der Waals surface area contributed by atoms with Gasteiger partial charge in [0.1, 0.15) is 0 Å². The van der Waals surface area contributed by atoms with Gasteiger partial charge in [-0.05, 0) is 25.3 Å². The first-order valence-electron chi connectivity index (χ1n) is 7.37. The average molecular weight is 283 g/mol. The first kappa shape index (κ1) is 16.4. The Balaban J connectivity index is 2.78. The minimum absolute atomic E-state index is 0.343. The van der Waals surface area contributed by atoms with Crippen molar-refractivity contribution in [3.8, 4) is 0 Å². The summed E-state index contributed by atoms with van der Waals surface area (Å²) in [5.41, 5.74) is 1.17. The summed E-state index contributed by atoms with van der Waals surface area (Å²) in [6.45, 7) is 16.5. The largest absolute Gasteiger partial charge is 0.348 e. The molecule has 0 aliphatic heterocycles. The van der Waals surface area contributed by atoms with Gasteiger partial charge in [0.05, 0.1) is 5.69 Å². The number of nitrogens with zero attached hydrogens (tertiary/aromatic N) is 2. The van der Waals surface area contributed by atoms with E-state index in [4.69, 9.17) is 4.98 Å². The summed E-state index contributed by atoms with van der Waals surface area (Å²) in [4.78, 5) is 7.25. The molecular weight excluding hydrogens is 254 g/mol. The number of aromatic nitrogens is 1. The minimum Gasteiger partial charge on any atom is -0.348 e. The Bertz CT molecular complexity index is 350. The number of hydrogen-bond donors (Lipinski definition) is 1. The molecule has 1 aromatic rings. The van der Waals surface area contributed by atoms with Crippen molar-refractivity contribution in [2.75, 3.05) is 24.5 Å². The van der Waals surface area contributed by atoms with Crippen LogP contribution >= 0.6 is 11.3 Å². The van der Waals surface area contributed by atoms with Crippen LogP contribution in [0.2, 0.25) is 0 Å². The number of hydrogen-bond acceptors (Lipinski definition) is 4. The molecule has 0 saturated carbocycles. The Morgan fingerprint density at radius 1 is 1.16 bits per heavy atom. The molecular formula is C15H29N3S. The van der Waals surface area contributed by atoms with E-state index in [1.807, 2.05) is 0 Å². The van der Waals surface area contributed by atoms with Crippen LogP contribution < -0.4 is 10.2 Å². The molecule has 0 spiro atoms. The summed E-state index contributed by atoms with van der Waals surface area (Å²) in [5, 5.41) is 6.78. The quantitative estimate of drug-likeness (QED) is 0.783. The zero-order valence-electron chi connectivity index (χ0n) is 13.2. The van der Waals surface area contributed by atoms with Gasteiger partial charge in [0.2, 0.25) is 0 Å². The standard InChI is InChI=1S/C15H29N3S/c1-7-16-13(6)14-10-19-15(17-14)18(8-11(2)3)9-12(4)5/h10-13,16H,7-9H2,1-6H3. The second-order valence-electron chi connectivity index (χ2n) is 6.03. The van der Waals surface area contributed by atoms with Crippen LogP contribution in [-0.4, -0.2) is 24.6 Å². The average Bonchev–Trinajstić information content (AvgIpc) is 2.76. The van der Waals surface area contributed by atoms with E-state index >= 15 is 0 Å². The molecule has 0 bridgehead atoms. The summed E-state index contributed by atoms with van der Waals surface area (Å²) in [7, 11) is 0. The fraction of sp³-hybridized carbons (Fsp3) is 0.800. The molecule has 0 fully saturated rings. The van der Waals surface area contributed by atoms with Crippen LogP contribution in [0.15, 0.2) is 5.38 Å². The summed E-state index contributed by atoms with van der Waals surface area (Å²) in [5.74, 6) is 1.33. The topological polar surface area (TPSA) is 28.2 Å². The Morgan fingerprint density at radius 3 is 2.21 bits per heavy atom. The van der Waals surface area contributed by atoms with E-state index in [9.17, 15) is 0 Å². The van der Waals surface area contributed by atoms with Crippen molar-refractivity contribution in [2.24, 2.45) is 11.8 Å². The molecule has 0 aliphatic carbocycles. The van der Waals surface area contributed by atoms with Gasteiger partial charge in [0.15, 0.2) is 5.13 Å². The van der Waals surface area contributed by atoms with Crippen LogP contribution in [0.4, 0.5) is 5.13 Å². The Labute approximate surface area is 122 Å². The van der Waals surface area contributed by atoms with Gasteiger partial charge >= 0.3 is 0 Å². The number of anilines is 1. The maximum absolute atomic E-state index is 4.82. The zero-order chi connectivity index (χ0) is 14.4. The third kappa shape index (κ3) is 5.49. The van der Waals surface area contributed by atoms with Crippen molar-refractivity contribution in [1.82, 2.24) is 10.3 Å². The van der Waals surface area contributed by atoms with Crippen LogP contribution in [-0.2, 0) is 0 Å². The molecule has 1 N–H and O–H groups in total. The number of rotatable bonds is 8. The molecule has 0 radical (unpaired) electrons. The molecule has 1 atom stereocenters. The lowest BCUT2D eigenvalue weighted by Crippen LogP contribution is -2.31. The van der Waals surface area contributed by atoms with Crippen LogP contribution in [0.25, 0.3) is 0 Å². The molecule has 19 heavy (non-hydrogen) atoms. The number of nitrogens with one attached hydrogen (secondary N) is 1. The van der Waals surface area contributed by atoms with E-state index < -0.39 is 0 Å². The first-order valence-corrected chi connectivity index (χ1v) is 8.25. The van der Waals surface area contributed by atoms with E-state index in [1.54, 1.807) is 11.3 Å². The molecule has 1 rings (SSSR count). The minimum atomic E-state index is 0.343. The van der Waals surface area contributed by atoms with E-state index in [2.05, 4.69) is 57.1 Å². The second kappa shape index (κ2) is 7.85. The fourth-order valence-corrected chi connectivity index (χ4v) is 3.08. The van der Waals surface area contributed by atoms with E-state index in [-0.39, 0.29) is 0 Å². The van der Waals surface area contributed by atoms with Crippen molar-refractivity contribution in [1.29, 1.82) is 0 Å². The van der Waals surface area contributed by atoms with Crippen LogP contribution in [0.3, 0.4) is 0 Å². The molecule has 0 aromatic carbocycles. The summed E-state index contributed by atoms with van der Waals surface area (Å²) in [6.07, 6.45) is 0. The van der Waals surface area contributed by atoms with Gasteiger partial charge in [-0.2, -0.15) is 0 Å². The van der Waals surface area contributed by atoms with Crippen LogP contribution in [0.1, 0.15) is 53.3 Å². The molecule has 1 aromatic heterocycles. The van der Waals surface area contributed by atoms with Crippen LogP contribution in [0, 0.1) is 11.8 Å². The SMILES string of the molecule is CCNC(C)c1csc(N(CC(C)C)CC(C)C)n1. The lowest BCUT2D eigenvalue weighted by atomic mass is 10.1. The van der Waals surface area contributed by atoms with Gasteiger partial charge in [-0.25, -0.2) is 4.98 Å². The van der Waals surface area contributed by atoms with Crippen molar-refractivity contribution in [2.45, 2.75) is 47.6 Å². The molecule has 4 heteroatoms. The maximum Gasteiger partial charge on any atom is 0.185 e. The predicted octanol–water partition coefficient (Wildman–Crippen LogP) is 3.93. The third-order valence-corrected chi connectivity index (χ3v) is 3.83. The van der Waals surface area contributed by atoms with Gasteiger partial charge in [-0.15, -0.1) is 11.3 Å². The normalized spacial score (nSPS) is 13.3. The van der Waals surface area contributed by atoms with Gasteiger partial charge in [-0.3, -0.25) is 0 Å². The van der Waals surface area contributed by atoms with Crippen molar-refractivity contribution >= 4 is 16.5 Å². The van der Waals surface area contributed by atoms with Crippen molar-refractivity contribution in [3.05, 3.63) is 11.1 Å². The van der Waals surface area contributed by atoms with E-state index in [0.29, 0.717) is 17.9 Å². The highest BCUT2D eigenvalue weighted by molar-refractivity contribution is 7.13. The summed E-state index contributed by atoms with van der Waals surface area (Å²) in [6, 6.07) is 0.343. The first-order chi connectivity index (χ1) is 8.93. The highest BCUT2D eigenvalue weighted by atomic mass is 32.1. The molecule has 1 heterocycles. The lowest BCUT2D eigenvalue weighted by molar-refractivity contribution is 0.548. The molecule has 0 amide bonds. The predicted molar refractivity (Wildman–Crippen MR) is 86.1 cm³/mol. The Hall–Kier alpha value is -0.610. The van der Waals surface area contributed by atoms with E-state index in [0.717, 1.165) is 19.6 Å². The van der Waals surface area contributed by atoms with E-state index in [1.165, 1.54) is 10.8 Å². The Kier molecular flexibility index (Phi) is 6.80. The van der Waals surface area contributed by atoms with Crippen LogP contribution in [0.5, 0.6) is 0 Å². The van der Waals surface area contributed by atoms with Crippen molar-refractivity contribution in [3.63, 3.8) is 0 Å². The highest BCUT2D eigenvalue weighted by Crippen LogP contribution is 2.25. The second-order valence-corrected chi connectivity index (χ2v) is 6.86. The Morgan fingerprint density at radius 2 is 1.74 bits per heavy atom. The molecule has 3 nitrogen and oxygen atoms in total. The lowest BCUT2D eigenvalue weighted by Gasteiger charge is -2.25. The molecule has 110 valence electrons. The van der Waals surface area contributed by atoms with Crippen molar-refractivity contribution < 1.29 is 0 Å². The summed E-state index contributed by atoms with van der Waals surface area (Å²) < 4.78 is 0. The van der Waals surface area contributed by atoms with Gasteiger partial charge < -0.3 is 10.2 Å². The third-order valence-electron chi connectivity index (χ3n) is 2.91. The molecule has 0 saturated heterocycles. The highest BCUT2D eigenvalue weighted by Gasteiger charge is 2.16.